The summed E-state index contributed by atoms with van der Waals surface area (Å²) >= 11 is 0. The molecular weight excluding hydrogens is 212 g/mol. The van der Waals surface area contributed by atoms with Crippen molar-refractivity contribution in [3.8, 4) is 0 Å². The summed E-state index contributed by atoms with van der Waals surface area (Å²) in [5.74, 6) is 0. The Labute approximate surface area is 104 Å². The zero-order valence-electron chi connectivity index (χ0n) is 10.8. The maximum atomic E-state index is 5.49. The molecule has 0 radical (unpaired) electrons. The number of nitrogens with one attached hydrogen (secondary N) is 2. The van der Waals surface area contributed by atoms with Gasteiger partial charge in [0.1, 0.15) is 0 Å². The van der Waals surface area contributed by atoms with Gasteiger partial charge >= 0.3 is 0 Å². The monoisotopic (exact) mass is 234 g/mol. The number of benzene rings is 1. The van der Waals surface area contributed by atoms with Gasteiger partial charge in [-0.2, -0.15) is 0 Å². The summed E-state index contributed by atoms with van der Waals surface area (Å²) in [5.41, 5.74) is 4.15. The van der Waals surface area contributed by atoms with Crippen LogP contribution >= 0.6 is 0 Å². The number of rotatable bonds is 6. The van der Waals surface area contributed by atoms with E-state index >= 15 is 0 Å². The summed E-state index contributed by atoms with van der Waals surface area (Å²) < 4.78 is 5.49. The van der Waals surface area contributed by atoms with Gasteiger partial charge in [0.2, 0.25) is 0 Å². The SMILES string of the molecule is CCOC(C)CNCc1cccc2c1NCC2. The van der Waals surface area contributed by atoms with Crippen molar-refractivity contribution in [1.82, 2.24) is 5.32 Å². The second kappa shape index (κ2) is 6.03. The van der Waals surface area contributed by atoms with Crippen molar-refractivity contribution < 1.29 is 4.74 Å². The van der Waals surface area contributed by atoms with Crippen molar-refractivity contribution >= 4 is 5.69 Å². The third-order valence-electron chi connectivity index (χ3n) is 3.13. The normalized spacial score (nSPS) is 15.4. The largest absolute Gasteiger partial charge is 0.384 e. The van der Waals surface area contributed by atoms with E-state index in [2.05, 4.69) is 35.8 Å². The van der Waals surface area contributed by atoms with Crippen LogP contribution in [-0.2, 0) is 17.7 Å². The molecule has 0 saturated heterocycles. The van der Waals surface area contributed by atoms with Crippen LogP contribution in [0.15, 0.2) is 18.2 Å². The molecule has 94 valence electrons. The van der Waals surface area contributed by atoms with Crippen LogP contribution in [0, 0.1) is 0 Å². The second-order valence-electron chi connectivity index (χ2n) is 4.52. The standard InChI is InChI=1S/C14H22N2O/c1-3-17-11(2)9-15-10-13-6-4-5-12-7-8-16-14(12)13/h4-6,11,15-16H,3,7-10H2,1-2H3. The van der Waals surface area contributed by atoms with Crippen LogP contribution < -0.4 is 10.6 Å². The Morgan fingerprint density at radius 1 is 1.47 bits per heavy atom. The molecule has 0 amide bonds. The highest BCUT2D eigenvalue weighted by Crippen LogP contribution is 2.26. The number of fused-ring (bicyclic) bond motifs is 1. The van der Waals surface area contributed by atoms with Gasteiger partial charge < -0.3 is 15.4 Å². The maximum absolute atomic E-state index is 5.49. The molecule has 1 unspecified atom stereocenters. The van der Waals surface area contributed by atoms with E-state index in [4.69, 9.17) is 4.74 Å². The molecule has 1 aromatic rings. The van der Waals surface area contributed by atoms with Crippen LogP contribution in [0.5, 0.6) is 0 Å². The highest BCUT2D eigenvalue weighted by molar-refractivity contribution is 5.61. The minimum atomic E-state index is 0.282. The average Bonchev–Trinajstić information content (AvgIpc) is 2.78. The molecule has 1 aliphatic heterocycles. The predicted octanol–water partition coefficient (Wildman–Crippen LogP) is 2.17. The summed E-state index contributed by atoms with van der Waals surface area (Å²) in [6.45, 7) is 7.80. The van der Waals surface area contributed by atoms with Crippen molar-refractivity contribution in [2.45, 2.75) is 32.9 Å². The van der Waals surface area contributed by atoms with E-state index in [0.717, 1.165) is 32.7 Å². The lowest BCUT2D eigenvalue weighted by molar-refractivity contribution is 0.0759. The predicted molar refractivity (Wildman–Crippen MR) is 71.4 cm³/mol. The summed E-state index contributed by atoms with van der Waals surface area (Å²) in [6.07, 6.45) is 1.43. The molecule has 0 aromatic heterocycles. The molecule has 0 aliphatic carbocycles. The van der Waals surface area contributed by atoms with Crippen LogP contribution in [0.4, 0.5) is 5.69 Å². The van der Waals surface area contributed by atoms with Gasteiger partial charge in [0, 0.05) is 31.9 Å². The second-order valence-corrected chi connectivity index (χ2v) is 4.52. The highest BCUT2D eigenvalue weighted by atomic mass is 16.5. The molecule has 3 nitrogen and oxygen atoms in total. The Morgan fingerprint density at radius 2 is 2.35 bits per heavy atom. The first-order valence-electron chi connectivity index (χ1n) is 6.48. The molecule has 1 aliphatic rings. The molecule has 3 heteroatoms. The van der Waals surface area contributed by atoms with E-state index < -0.39 is 0 Å². The lowest BCUT2D eigenvalue weighted by Gasteiger charge is -2.14. The lowest BCUT2D eigenvalue weighted by atomic mass is 10.1. The molecule has 1 atom stereocenters. The van der Waals surface area contributed by atoms with E-state index in [1.807, 2.05) is 6.92 Å². The average molecular weight is 234 g/mol. The first kappa shape index (κ1) is 12.4. The van der Waals surface area contributed by atoms with E-state index in [1.54, 1.807) is 0 Å². The molecular formula is C14H22N2O. The van der Waals surface area contributed by atoms with E-state index in [1.165, 1.54) is 16.8 Å². The topological polar surface area (TPSA) is 33.3 Å². The molecule has 0 bridgehead atoms. The third kappa shape index (κ3) is 3.20. The Bertz CT molecular complexity index is 365. The van der Waals surface area contributed by atoms with Gasteiger partial charge in [-0.1, -0.05) is 18.2 Å². The smallest absolute Gasteiger partial charge is 0.0671 e. The van der Waals surface area contributed by atoms with Gasteiger partial charge in [-0.05, 0) is 31.4 Å². The minimum Gasteiger partial charge on any atom is -0.384 e. The number of anilines is 1. The first-order chi connectivity index (χ1) is 8.31. The summed E-state index contributed by atoms with van der Waals surface area (Å²) in [4.78, 5) is 0. The molecule has 1 aromatic carbocycles. The molecule has 0 saturated carbocycles. The van der Waals surface area contributed by atoms with Crippen LogP contribution in [-0.4, -0.2) is 25.8 Å². The summed E-state index contributed by atoms with van der Waals surface area (Å²) in [5, 5.41) is 6.91. The van der Waals surface area contributed by atoms with Gasteiger partial charge in [-0.25, -0.2) is 0 Å². The number of para-hydroxylation sites is 1. The van der Waals surface area contributed by atoms with Crippen molar-refractivity contribution in [3.63, 3.8) is 0 Å². The Balaban J connectivity index is 1.85. The van der Waals surface area contributed by atoms with Gasteiger partial charge in [0.15, 0.2) is 0 Å². The zero-order valence-corrected chi connectivity index (χ0v) is 10.8. The molecule has 17 heavy (non-hydrogen) atoms. The van der Waals surface area contributed by atoms with E-state index in [0.29, 0.717) is 0 Å². The van der Waals surface area contributed by atoms with E-state index in [-0.39, 0.29) is 6.10 Å². The lowest BCUT2D eigenvalue weighted by Crippen LogP contribution is -2.26. The maximum Gasteiger partial charge on any atom is 0.0671 e. The number of hydrogen-bond donors (Lipinski definition) is 2. The van der Waals surface area contributed by atoms with Crippen molar-refractivity contribution in [1.29, 1.82) is 0 Å². The van der Waals surface area contributed by atoms with Crippen molar-refractivity contribution in [2.24, 2.45) is 0 Å². The highest BCUT2D eigenvalue weighted by Gasteiger charge is 2.13. The molecule has 2 rings (SSSR count). The fourth-order valence-electron chi connectivity index (χ4n) is 2.31. The molecule has 0 spiro atoms. The summed E-state index contributed by atoms with van der Waals surface area (Å²) in [6, 6.07) is 6.55. The van der Waals surface area contributed by atoms with Gasteiger partial charge in [-0.3, -0.25) is 0 Å². The number of hydrogen-bond acceptors (Lipinski definition) is 3. The van der Waals surface area contributed by atoms with E-state index in [9.17, 15) is 0 Å². The summed E-state index contributed by atoms with van der Waals surface area (Å²) in [7, 11) is 0. The third-order valence-corrected chi connectivity index (χ3v) is 3.13. The van der Waals surface area contributed by atoms with Crippen LogP contribution in [0.2, 0.25) is 0 Å². The fraction of sp³-hybridized carbons (Fsp3) is 0.571. The van der Waals surface area contributed by atoms with Gasteiger partial charge in [0.05, 0.1) is 6.10 Å². The van der Waals surface area contributed by atoms with Gasteiger partial charge in [-0.15, -0.1) is 0 Å². The Hall–Kier alpha value is -1.06. The first-order valence-corrected chi connectivity index (χ1v) is 6.48. The molecule has 2 N–H and O–H groups in total. The minimum absolute atomic E-state index is 0.282. The molecule has 0 fully saturated rings. The van der Waals surface area contributed by atoms with Crippen LogP contribution in [0.3, 0.4) is 0 Å². The quantitative estimate of drug-likeness (QED) is 0.791. The Morgan fingerprint density at radius 3 is 3.18 bits per heavy atom. The zero-order chi connectivity index (χ0) is 12.1. The van der Waals surface area contributed by atoms with Crippen molar-refractivity contribution in [2.75, 3.05) is 25.0 Å². The van der Waals surface area contributed by atoms with Crippen molar-refractivity contribution in [3.05, 3.63) is 29.3 Å². The van der Waals surface area contributed by atoms with Crippen LogP contribution in [0.1, 0.15) is 25.0 Å². The Kier molecular flexibility index (Phi) is 4.40. The fourth-order valence-corrected chi connectivity index (χ4v) is 2.31. The molecule has 1 heterocycles. The van der Waals surface area contributed by atoms with Crippen LogP contribution in [0.25, 0.3) is 0 Å². The van der Waals surface area contributed by atoms with Gasteiger partial charge in [0.25, 0.3) is 0 Å². The number of ether oxygens (including phenoxy) is 1.